The molecule has 0 unspecified atom stereocenters. The van der Waals surface area contributed by atoms with Crippen LogP contribution in [0.1, 0.15) is 11.3 Å². The van der Waals surface area contributed by atoms with Crippen molar-refractivity contribution < 1.29 is 18.0 Å². The van der Waals surface area contributed by atoms with Crippen LogP contribution in [0.25, 0.3) is 11.0 Å². The molecule has 3 aromatic rings. The average molecular weight is 338 g/mol. The fraction of sp³-hybridized carbons (Fsp3) is 0.0714. The van der Waals surface area contributed by atoms with Gasteiger partial charge < -0.3 is 5.32 Å². The summed E-state index contributed by atoms with van der Waals surface area (Å²) < 4.78 is 39.1. The van der Waals surface area contributed by atoms with Crippen LogP contribution in [0.15, 0.2) is 42.2 Å². The third-order valence-corrected chi connectivity index (χ3v) is 3.69. The number of pyridine rings is 1. The van der Waals surface area contributed by atoms with Gasteiger partial charge in [0.25, 0.3) is 0 Å². The number of anilines is 1. The van der Waals surface area contributed by atoms with Gasteiger partial charge in [-0.3, -0.25) is 9.20 Å². The van der Waals surface area contributed by atoms with E-state index in [-0.39, 0.29) is 5.82 Å². The minimum Gasteiger partial charge on any atom is -0.307 e. The third kappa shape index (κ3) is 3.39. The fourth-order valence-corrected chi connectivity index (χ4v) is 2.53. The molecule has 9 heteroatoms. The Labute approximate surface area is 132 Å². The van der Waals surface area contributed by atoms with Gasteiger partial charge in [0.05, 0.1) is 17.5 Å². The van der Waals surface area contributed by atoms with E-state index < -0.39 is 17.6 Å². The summed E-state index contributed by atoms with van der Waals surface area (Å²) in [5.41, 5.74) is -0.151. The number of carbonyl (C=O) groups excluding carboxylic acids is 1. The Morgan fingerprint density at radius 2 is 2.09 bits per heavy atom. The Morgan fingerprint density at radius 1 is 1.26 bits per heavy atom. The molecule has 3 aromatic heterocycles. The standard InChI is InChI=1S/C14H9F3N4OS/c15-14(16,17)9-1-3-11(18-7-9)20-12(22)4-2-10-8-19-13-21(10)5-6-23-13/h1-8H,(H,18,20,22)/b4-2+. The SMILES string of the molecule is O=C(/C=C/c1cnc2sccn12)Nc1ccc(C(F)(F)F)cn1. The number of nitrogens with one attached hydrogen (secondary N) is 1. The lowest BCUT2D eigenvalue weighted by molar-refractivity contribution is -0.137. The van der Waals surface area contributed by atoms with Crippen molar-refractivity contribution in [1.82, 2.24) is 14.4 Å². The summed E-state index contributed by atoms with van der Waals surface area (Å²) in [4.78, 5) is 20.3. The summed E-state index contributed by atoms with van der Waals surface area (Å²) in [6.45, 7) is 0. The van der Waals surface area contributed by atoms with E-state index in [0.29, 0.717) is 6.20 Å². The number of nitrogens with zero attached hydrogens (tertiary/aromatic N) is 3. The number of hydrogen-bond donors (Lipinski definition) is 1. The maximum Gasteiger partial charge on any atom is 0.417 e. The molecule has 0 bridgehead atoms. The van der Waals surface area contributed by atoms with E-state index in [2.05, 4.69) is 15.3 Å². The molecule has 1 amide bonds. The van der Waals surface area contributed by atoms with Crippen LogP contribution < -0.4 is 5.32 Å². The first kappa shape index (κ1) is 15.2. The second-order valence-corrected chi connectivity index (χ2v) is 5.36. The van der Waals surface area contributed by atoms with Crippen molar-refractivity contribution in [2.24, 2.45) is 0 Å². The van der Waals surface area contributed by atoms with E-state index in [0.717, 1.165) is 22.8 Å². The van der Waals surface area contributed by atoms with Gasteiger partial charge in [-0.1, -0.05) is 0 Å². The molecule has 5 nitrogen and oxygen atoms in total. The quantitative estimate of drug-likeness (QED) is 0.744. The number of fused-ring (bicyclic) bond motifs is 1. The van der Waals surface area contributed by atoms with E-state index in [1.165, 1.54) is 17.4 Å². The first-order chi connectivity index (χ1) is 10.9. The number of alkyl halides is 3. The van der Waals surface area contributed by atoms with Crippen molar-refractivity contribution in [3.63, 3.8) is 0 Å². The number of rotatable bonds is 3. The highest BCUT2D eigenvalue weighted by Crippen LogP contribution is 2.28. The van der Waals surface area contributed by atoms with Crippen LogP contribution in [0.2, 0.25) is 0 Å². The van der Waals surface area contributed by atoms with Crippen molar-refractivity contribution in [3.8, 4) is 0 Å². The van der Waals surface area contributed by atoms with Gasteiger partial charge in [0.1, 0.15) is 5.82 Å². The Hall–Kier alpha value is -2.68. The molecular formula is C14H9F3N4OS. The van der Waals surface area contributed by atoms with Crippen LogP contribution in [0.3, 0.4) is 0 Å². The predicted molar refractivity (Wildman–Crippen MR) is 80.0 cm³/mol. The van der Waals surface area contributed by atoms with Crippen LogP contribution in [0, 0.1) is 0 Å². The van der Waals surface area contributed by atoms with Crippen LogP contribution in [-0.4, -0.2) is 20.3 Å². The minimum absolute atomic E-state index is 0.0432. The fourth-order valence-electron chi connectivity index (χ4n) is 1.83. The molecule has 0 spiro atoms. The lowest BCUT2D eigenvalue weighted by Gasteiger charge is -2.06. The Bertz CT molecular complexity index is 864. The molecule has 118 valence electrons. The van der Waals surface area contributed by atoms with Crippen molar-refractivity contribution in [1.29, 1.82) is 0 Å². The van der Waals surface area contributed by atoms with E-state index >= 15 is 0 Å². The van der Waals surface area contributed by atoms with Crippen molar-refractivity contribution in [2.75, 3.05) is 5.32 Å². The molecule has 0 atom stereocenters. The maximum atomic E-state index is 12.4. The largest absolute Gasteiger partial charge is 0.417 e. The zero-order chi connectivity index (χ0) is 16.4. The van der Waals surface area contributed by atoms with E-state index in [4.69, 9.17) is 0 Å². The molecule has 0 aromatic carbocycles. The van der Waals surface area contributed by atoms with Crippen molar-refractivity contribution in [3.05, 3.63) is 53.4 Å². The number of halogens is 3. The van der Waals surface area contributed by atoms with E-state index in [1.807, 2.05) is 16.0 Å². The predicted octanol–water partition coefficient (Wildman–Crippen LogP) is 3.46. The van der Waals surface area contributed by atoms with Gasteiger partial charge in [0.2, 0.25) is 5.91 Å². The summed E-state index contributed by atoms with van der Waals surface area (Å²) >= 11 is 1.46. The Kier molecular flexibility index (Phi) is 3.87. The molecule has 0 radical (unpaired) electrons. The highest BCUT2D eigenvalue weighted by molar-refractivity contribution is 7.15. The maximum absolute atomic E-state index is 12.4. The van der Waals surface area contributed by atoms with Gasteiger partial charge in [-0.25, -0.2) is 9.97 Å². The smallest absolute Gasteiger partial charge is 0.307 e. The highest BCUT2D eigenvalue weighted by atomic mass is 32.1. The van der Waals surface area contributed by atoms with E-state index in [9.17, 15) is 18.0 Å². The topological polar surface area (TPSA) is 59.3 Å². The van der Waals surface area contributed by atoms with Crippen LogP contribution in [0.5, 0.6) is 0 Å². The molecule has 23 heavy (non-hydrogen) atoms. The molecule has 0 fully saturated rings. The van der Waals surface area contributed by atoms with Gasteiger partial charge in [0.15, 0.2) is 4.96 Å². The summed E-state index contributed by atoms with van der Waals surface area (Å²) in [7, 11) is 0. The molecule has 0 aliphatic rings. The minimum atomic E-state index is -4.46. The molecule has 1 N–H and O–H groups in total. The van der Waals surface area contributed by atoms with Gasteiger partial charge >= 0.3 is 6.18 Å². The van der Waals surface area contributed by atoms with Gasteiger partial charge in [-0.15, -0.1) is 11.3 Å². The number of hydrogen-bond acceptors (Lipinski definition) is 4. The lowest BCUT2D eigenvalue weighted by Crippen LogP contribution is -2.11. The molecule has 0 saturated heterocycles. The van der Waals surface area contributed by atoms with Crippen LogP contribution in [-0.2, 0) is 11.0 Å². The molecule has 3 rings (SSSR count). The molecule has 0 saturated carbocycles. The zero-order valence-corrected chi connectivity index (χ0v) is 12.2. The van der Waals surface area contributed by atoms with Crippen LogP contribution in [0.4, 0.5) is 19.0 Å². The number of aromatic nitrogens is 3. The first-order valence-corrected chi connectivity index (χ1v) is 7.24. The summed E-state index contributed by atoms with van der Waals surface area (Å²) in [6.07, 6.45) is 2.48. The first-order valence-electron chi connectivity index (χ1n) is 6.36. The van der Waals surface area contributed by atoms with Crippen molar-refractivity contribution >= 4 is 34.1 Å². The average Bonchev–Trinajstić information content (AvgIpc) is 3.08. The third-order valence-electron chi connectivity index (χ3n) is 2.92. The number of carbonyl (C=O) groups is 1. The molecular weight excluding hydrogens is 329 g/mol. The number of thiazole rings is 1. The summed E-state index contributed by atoms with van der Waals surface area (Å²) in [6, 6.07) is 1.96. The normalized spacial score (nSPS) is 12.1. The monoisotopic (exact) mass is 338 g/mol. The molecule has 0 aliphatic carbocycles. The second-order valence-electron chi connectivity index (χ2n) is 4.49. The lowest BCUT2D eigenvalue weighted by atomic mass is 10.3. The molecule has 3 heterocycles. The summed E-state index contributed by atoms with van der Waals surface area (Å²) in [5, 5.41) is 4.26. The highest BCUT2D eigenvalue weighted by Gasteiger charge is 2.30. The van der Waals surface area contributed by atoms with Gasteiger partial charge in [0, 0.05) is 23.8 Å². The summed E-state index contributed by atoms with van der Waals surface area (Å²) in [5.74, 6) is -0.455. The number of imidazole rings is 1. The van der Waals surface area contributed by atoms with E-state index in [1.54, 1.807) is 12.3 Å². The number of amides is 1. The van der Waals surface area contributed by atoms with Gasteiger partial charge in [-0.2, -0.15) is 13.2 Å². The van der Waals surface area contributed by atoms with Crippen molar-refractivity contribution in [2.45, 2.75) is 6.18 Å². The van der Waals surface area contributed by atoms with Crippen LogP contribution >= 0.6 is 11.3 Å². The van der Waals surface area contributed by atoms with Gasteiger partial charge in [-0.05, 0) is 18.2 Å². The molecule has 0 aliphatic heterocycles. The Morgan fingerprint density at radius 3 is 2.78 bits per heavy atom. The zero-order valence-electron chi connectivity index (χ0n) is 11.4. The Balaban J connectivity index is 1.67. The second kappa shape index (κ2) is 5.84.